The molecule has 1 aliphatic heterocycles. The summed E-state index contributed by atoms with van der Waals surface area (Å²) in [5.41, 5.74) is 0.979. The van der Waals surface area contributed by atoms with Gasteiger partial charge in [0.15, 0.2) is 0 Å². The number of ether oxygens (including phenoxy) is 1. The number of carboxylic acids is 1. The monoisotopic (exact) mass is 313 g/mol. The van der Waals surface area contributed by atoms with Crippen LogP contribution in [-0.4, -0.2) is 50.1 Å². The molecule has 6 nitrogen and oxygen atoms in total. The van der Waals surface area contributed by atoms with Gasteiger partial charge in [-0.05, 0) is 37.0 Å². The van der Waals surface area contributed by atoms with E-state index in [1.807, 2.05) is 0 Å². The molecule has 7 heteroatoms. The lowest BCUT2D eigenvalue weighted by molar-refractivity contribution is -0.140. The van der Waals surface area contributed by atoms with Crippen LogP contribution in [0.2, 0.25) is 0 Å². The fourth-order valence-corrected chi connectivity index (χ4v) is 4.11. The molecule has 2 rings (SSSR count). The van der Waals surface area contributed by atoms with E-state index in [9.17, 15) is 13.2 Å². The second-order valence-electron chi connectivity index (χ2n) is 5.00. The van der Waals surface area contributed by atoms with Crippen LogP contribution < -0.4 is 0 Å². The van der Waals surface area contributed by atoms with Gasteiger partial charge >= 0.3 is 5.97 Å². The summed E-state index contributed by atoms with van der Waals surface area (Å²) in [7, 11) is -2.14. The minimum Gasteiger partial charge on any atom is -0.480 e. The third-order valence-corrected chi connectivity index (χ3v) is 5.54. The normalized spacial score (nSPS) is 19.8. The fraction of sp³-hybridized carbons (Fsp3) is 0.500. The van der Waals surface area contributed by atoms with Gasteiger partial charge in [-0.25, -0.2) is 8.42 Å². The van der Waals surface area contributed by atoms with Gasteiger partial charge in [0.2, 0.25) is 10.0 Å². The van der Waals surface area contributed by atoms with Crippen molar-refractivity contribution in [2.75, 3.05) is 20.3 Å². The second-order valence-corrected chi connectivity index (χ2v) is 6.89. The Morgan fingerprint density at radius 2 is 2.05 bits per heavy atom. The van der Waals surface area contributed by atoms with Crippen LogP contribution in [0.4, 0.5) is 0 Å². The molecule has 0 bridgehead atoms. The Morgan fingerprint density at radius 3 is 2.62 bits per heavy atom. The SMILES string of the molecule is COCCc1ccc(S(=O)(=O)N2CCCC2C(=O)O)cc1. The lowest BCUT2D eigenvalue weighted by Crippen LogP contribution is -2.40. The highest BCUT2D eigenvalue weighted by molar-refractivity contribution is 7.89. The van der Waals surface area contributed by atoms with Crippen LogP contribution >= 0.6 is 0 Å². The summed E-state index contributed by atoms with van der Waals surface area (Å²) < 4.78 is 31.1. The van der Waals surface area contributed by atoms with Crippen LogP contribution in [0.15, 0.2) is 29.2 Å². The average molecular weight is 313 g/mol. The number of sulfonamides is 1. The lowest BCUT2D eigenvalue weighted by atomic mass is 10.2. The van der Waals surface area contributed by atoms with E-state index in [1.54, 1.807) is 19.2 Å². The highest BCUT2D eigenvalue weighted by atomic mass is 32.2. The van der Waals surface area contributed by atoms with E-state index < -0.39 is 22.0 Å². The molecular weight excluding hydrogens is 294 g/mol. The number of aliphatic carboxylic acids is 1. The molecule has 0 radical (unpaired) electrons. The largest absolute Gasteiger partial charge is 0.480 e. The highest BCUT2D eigenvalue weighted by Crippen LogP contribution is 2.26. The molecule has 0 aliphatic carbocycles. The second kappa shape index (κ2) is 6.55. The van der Waals surface area contributed by atoms with Crippen molar-refractivity contribution in [3.8, 4) is 0 Å². The number of methoxy groups -OCH3 is 1. The summed E-state index contributed by atoms with van der Waals surface area (Å²) in [5, 5.41) is 9.12. The number of hydrogen-bond donors (Lipinski definition) is 1. The maximum absolute atomic E-state index is 12.5. The first-order valence-corrected chi connectivity index (χ1v) is 8.23. The van der Waals surface area contributed by atoms with E-state index in [2.05, 4.69) is 0 Å². The quantitative estimate of drug-likeness (QED) is 0.850. The van der Waals surface area contributed by atoms with Crippen molar-refractivity contribution < 1.29 is 23.1 Å². The zero-order valence-corrected chi connectivity index (χ0v) is 12.7. The Hall–Kier alpha value is -1.44. The van der Waals surface area contributed by atoms with Crippen LogP contribution in [0, 0.1) is 0 Å². The molecule has 1 saturated heterocycles. The predicted octanol–water partition coefficient (Wildman–Crippen LogP) is 1.11. The van der Waals surface area contributed by atoms with Gasteiger partial charge in [-0.15, -0.1) is 0 Å². The smallest absolute Gasteiger partial charge is 0.322 e. The number of nitrogens with zero attached hydrogens (tertiary/aromatic N) is 1. The molecule has 1 aromatic carbocycles. The van der Waals surface area contributed by atoms with E-state index in [4.69, 9.17) is 9.84 Å². The van der Waals surface area contributed by atoms with E-state index in [0.717, 1.165) is 9.87 Å². The molecule has 0 amide bonds. The lowest BCUT2D eigenvalue weighted by Gasteiger charge is -2.21. The molecule has 21 heavy (non-hydrogen) atoms. The molecule has 1 aromatic rings. The van der Waals surface area contributed by atoms with Crippen LogP contribution in [0.25, 0.3) is 0 Å². The van der Waals surface area contributed by atoms with Gasteiger partial charge in [0.25, 0.3) is 0 Å². The van der Waals surface area contributed by atoms with Crippen molar-refractivity contribution in [1.82, 2.24) is 4.31 Å². The van der Waals surface area contributed by atoms with E-state index >= 15 is 0 Å². The predicted molar refractivity (Wildman–Crippen MR) is 76.6 cm³/mol. The topological polar surface area (TPSA) is 83.9 Å². The Morgan fingerprint density at radius 1 is 1.38 bits per heavy atom. The molecular formula is C14H19NO5S. The zero-order valence-electron chi connectivity index (χ0n) is 11.9. The van der Waals surface area contributed by atoms with Crippen LogP contribution in [0.1, 0.15) is 18.4 Å². The Balaban J connectivity index is 2.21. The van der Waals surface area contributed by atoms with Crippen molar-refractivity contribution in [3.63, 3.8) is 0 Å². The van der Waals surface area contributed by atoms with Crippen molar-refractivity contribution in [2.24, 2.45) is 0 Å². The number of carboxylic acid groups (broad SMARTS) is 1. The summed E-state index contributed by atoms with van der Waals surface area (Å²) in [6.45, 7) is 0.823. The Kier molecular flexibility index (Phi) is 4.97. The number of carbonyl (C=O) groups is 1. The first kappa shape index (κ1) is 15.9. The van der Waals surface area contributed by atoms with Gasteiger partial charge in [0.1, 0.15) is 6.04 Å². The zero-order chi connectivity index (χ0) is 15.5. The molecule has 0 spiro atoms. The molecule has 1 atom stereocenters. The van der Waals surface area contributed by atoms with Crippen molar-refractivity contribution in [2.45, 2.75) is 30.2 Å². The standard InChI is InChI=1S/C14H19NO5S/c1-20-10-8-11-4-6-12(7-5-11)21(18,19)15-9-2-3-13(15)14(16)17/h4-7,13H,2-3,8-10H2,1H3,(H,16,17). The Labute approximate surface area is 124 Å². The number of hydrogen-bond acceptors (Lipinski definition) is 4. The third-order valence-electron chi connectivity index (χ3n) is 3.61. The molecule has 1 heterocycles. The van der Waals surface area contributed by atoms with E-state index in [-0.39, 0.29) is 11.4 Å². The van der Waals surface area contributed by atoms with Gasteiger partial charge in [-0.3, -0.25) is 4.79 Å². The summed E-state index contributed by atoms with van der Waals surface area (Å²) in [5.74, 6) is -1.09. The van der Waals surface area contributed by atoms with Crippen molar-refractivity contribution in [1.29, 1.82) is 0 Å². The first-order valence-electron chi connectivity index (χ1n) is 6.79. The van der Waals surface area contributed by atoms with Gasteiger partial charge in [0, 0.05) is 13.7 Å². The Bertz CT molecular complexity index is 596. The third kappa shape index (κ3) is 3.42. The van der Waals surface area contributed by atoms with Gasteiger partial charge in [0.05, 0.1) is 11.5 Å². The van der Waals surface area contributed by atoms with Crippen LogP contribution in [-0.2, 0) is 26.0 Å². The maximum atomic E-state index is 12.5. The summed E-state index contributed by atoms with van der Waals surface area (Å²) in [6.07, 6.45) is 1.64. The van der Waals surface area contributed by atoms with E-state index in [0.29, 0.717) is 25.9 Å². The first-order chi connectivity index (χ1) is 9.96. The van der Waals surface area contributed by atoms with Crippen molar-refractivity contribution in [3.05, 3.63) is 29.8 Å². The minimum atomic E-state index is -3.75. The van der Waals surface area contributed by atoms with Gasteiger partial charge in [-0.2, -0.15) is 4.31 Å². The average Bonchev–Trinajstić information content (AvgIpc) is 2.96. The van der Waals surface area contributed by atoms with E-state index in [1.165, 1.54) is 12.1 Å². The molecule has 1 unspecified atom stereocenters. The molecule has 116 valence electrons. The maximum Gasteiger partial charge on any atom is 0.322 e. The van der Waals surface area contributed by atoms with Gasteiger partial charge in [-0.1, -0.05) is 12.1 Å². The highest BCUT2D eigenvalue weighted by Gasteiger charge is 2.39. The van der Waals surface area contributed by atoms with Crippen molar-refractivity contribution >= 4 is 16.0 Å². The molecule has 1 aliphatic rings. The number of benzene rings is 1. The summed E-state index contributed by atoms with van der Waals surface area (Å²) in [6, 6.07) is 5.56. The summed E-state index contributed by atoms with van der Waals surface area (Å²) >= 11 is 0. The molecule has 0 saturated carbocycles. The number of rotatable bonds is 6. The molecule has 0 aromatic heterocycles. The van der Waals surface area contributed by atoms with Crippen LogP contribution in [0.5, 0.6) is 0 Å². The minimum absolute atomic E-state index is 0.136. The molecule has 1 N–H and O–H groups in total. The molecule has 1 fully saturated rings. The van der Waals surface area contributed by atoms with Gasteiger partial charge < -0.3 is 9.84 Å². The summed E-state index contributed by atoms with van der Waals surface area (Å²) in [4.78, 5) is 11.3. The van der Waals surface area contributed by atoms with Crippen LogP contribution in [0.3, 0.4) is 0 Å². The fourth-order valence-electron chi connectivity index (χ4n) is 2.46.